The third-order valence-corrected chi connectivity index (χ3v) is 2.28. The summed E-state index contributed by atoms with van der Waals surface area (Å²) >= 11 is 0. The summed E-state index contributed by atoms with van der Waals surface area (Å²) in [6, 6.07) is 0. The first-order valence-corrected chi connectivity index (χ1v) is 4.28. The molecule has 1 aliphatic heterocycles. The normalized spacial score (nSPS) is 14.1. The minimum absolute atomic E-state index is 0.0791. The molecule has 0 unspecified atom stereocenters. The Morgan fingerprint density at radius 1 is 1.69 bits per heavy atom. The number of amides is 1. The highest BCUT2D eigenvalue weighted by Crippen LogP contribution is 2.23. The topological polar surface area (TPSA) is 68.0 Å². The van der Waals surface area contributed by atoms with E-state index in [1.807, 2.05) is 6.92 Å². The number of nitrogens with one attached hydrogen (secondary N) is 1. The Hall–Kier alpha value is -1.58. The standard InChI is InChI=1S/C9H11N3O/c1-2-6-8(10)7-5(3-11-6)4-12-9(7)13/h3H,2,4,10H2,1H3,(H,12,13). The van der Waals surface area contributed by atoms with Crippen molar-refractivity contribution in [3.63, 3.8) is 0 Å². The summed E-state index contributed by atoms with van der Waals surface area (Å²) in [5.74, 6) is -0.0791. The number of aryl methyl sites for hydroxylation is 1. The molecule has 1 amide bonds. The molecule has 2 heterocycles. The molecule has 0 atom stereocenters. The zero-order chi connectivity index (χ0) is 9.42. The number of pyridine rings is 1. The van der Waals surface area contributed by atoms with E-state index in [0.717, 1.165) is 17.7 Å². The van der Waals surface area contributed by atoms with E-state index in [-0.39, 0.29) is 5.91 Å². The van der Waals surface area contributed by atoms with Gasteiger partial charge in [-0.25, -0.2) is 0 Å². The first-order valence-electron chi connectivity index (χ1n) is 4.28. The van der Waals surface area contributed by atoms with Crippen LogP contribution in [0.5, 0.6) is 0 Å². The van der Waals surface area contributed by atoms with Gasteiger partial charge in [-0.15, -0.1) is 0 Å². The second kappa shape index (κ2) is 2.73. The first-order chi connectivity index (χ1) is 6.24. The zero-order valence-corrected chi connectivity index (χ0v) is 7.42. The van der Waals surface area contributed by atoms with Gasteiger partial charge in [0.05, 0.1) is 16.9 Å². The van der Waals surface area contributed by atoms with Gasteiger partial charge < -0.3 is 11.1 Å². The first kappa shape index (κ1) is 8.04. The van der Waals surface area contributed by atoms with Crippen LogP contribution in [0, 0.1) is 0 Å². The molecule has 0 saturated carbocycles. The highest BCUT2D eigenvalue weighted by atomic mass is 16.1. The maximum Gasteiger partial charge on any atom is 0.254 e. The molecule has 0 saturated heterocycles. The van der Waals surface area contributed by atoms with Crippen LogP contribution in [0.25, 0.3) is 0 Å². The number of nitrogen functional groups attached to an aromatic ring is 1. The number of hydrogen-bond donors (Lipinski definition) is 2. The molecule has 13 heavy (non-hydrogen) atoms. The Morgan fingerprint density at radius 3 is 3.15 bits per heavy atom. The third kappa shape index (κ3) is 1.06. The predicted molar refractivity (Wildman–Crippen MR) is 49.2 cm³/mol. The number of carbonyl (C=O) groups is 1. The highest BCUT2D eigenvalue weighted by Gasteiger charge is 2.23. The van der Waals surface area contributed by atoms with E-state index in [1.54, 1.807) is 6.20 Å². The number of rotatable bonds is 1. The van der Waals surface area contributed by atoms with Crippen molar-refractivity contribution in [3.05, 3.63) is 23.0 Å². The fourth-order valence-corrected chi connectivity index (χ4v) is 1.55. The lowest BCUT2D eigenvalue weighted by molar-refractivity contribution is 0.0966. The molecule has 0 radical (unpaired) electrons. The van der Waals surface area contributed by atoms with Gasteiger partial charge >= 0.3 is 0 Å². The average molecular weight is 177 g/mol. The van der Waals surface area contributed by atoms with Gasteiger partial charge in [0.25, 0.3) is 5.91 Å². The van der Waals surface area contributed by atoms with Crippen molar-refractivity contribution >= 4 is 11.6 Å². The van der Waals surface area contributed by atoms with Gasteiger partial charge in [-0.3, -0.25) is 9.78 Å². The summed E-state index contributed by atoms with van der Waals surface area (Å²) in [6.45, 7) is 2.52. The fourth-order valence-electron chi connectivity index (χ4n) is 1.55. The summed E-state index contributed by atoms with van der Waals surface area (Å²) < 4.78 is 0. The predicted octanol–water partition coefficient (Wildman–Crippen LogP) is 0.470. The van der Waals surface area contributed by atoms with Crippen LogP contribution in [-0.4, -0.2) is 10.9 Å². The highest BCUT2D eigenvalue weighted by molar-refractivity contribution is 6.03. The smallest absolute Gasteiger partial charge is 0.254 e. The zero-order valence-electron chi connectivity index (χ0n) is 7.42. The van der Waals surface area contributed by atoms with E-state index < -0.39 is 0 Å². The number of fused-ring (bicyclic) bond motifs is 1. The molecule has 3 N–H and O–H groups in total. The van der Waals surface area contributed by atoms with Crippen LogP contribution in [-0.2, 0) is 13.0 Å². The van der Waals surface area contributed by atoms with Gasteiger partial charge in [0, 0.05) is 18.3 Å². The quantitative estimate of drug-likeness (QED) is 0.655. The van der Waals surface area contributed by atoms with Crippen LogP contribution in [0.15, 0.2) is 6.20 Å². The Labute approximate surface area is 76.2 Å². The molecule has 0 aliphatic carbocycles. The largest absolute Gasteiger partial charge is 0.397 e. The summed E-state index contributed by atoms with van der Waals surface area (Å²) in [7, 11) is 0. The van der Waals surface area contributed by atoms with E-state index in [1.165, 1.54) is 0 Å². The summed E-state index contributed by atoms with van der Waals surface area (Å²) in [5, 5.41) is 2.72. The molecule has 1 aromatic rings. The van der Waals surface area contributed by atoms with Crippen molar-refractivity contribution in [2.24, 2.45) is 0 Å². The number of anilines is 1. The van der Waals surface area contributed by atoms with Gasteiger partial charge in [0.2, 0.25) is 0 Å². The lowest BCUT2D eigenvalue weighted by Crippen LogP contribution is -2.14. The van der Waals surface area contributed by atoms with Crippen LogP contribution in [0.4, 0.5) is 5.69 Å². The Kier molecular flexibility index (Phi) is 1.69. The van der Waals surface area contributed by atoms with Crippen molar-refractivity contribution in [3.8, 4) is 0 Å². The van der Waals surface area contributed by atoms with Gasteiger partial charge in [0.15, 0.2) is 0 Å². The maximum absolute atomic E-state index is 11.3. The number of nitrogens with zero attached hydrogens (tertiary/aromatic N) is 1. The maximum atomic E-state index is 11.3. The summed E-state index contributed by atoms with van der Waals surface area (Å²) in [6.07, 6.45) is 2.48. The molecule has 0 fully saturated rings. The van der Waals surface area contributed by atoms with Crippen molar-refractivity contribution in [1.29, 1.82) is 0 Å². The monoisotopic (exact) mass is 177 g/mol. The van der Waals surface area contributed by atoms with Gasteiger partial charge in [0.1, 0.15) is 0 Å². The number of aromatic nitrogens is 1. The molecule has 1 aromatic heterocycles. The number of carbonyl (C=O) groups excluding carboxylic acids is 1. The molecule has 2 rings (SSSR count). The van der Waals surface area contributed by atoms with Gasteiger partial charge in [-0.2, -0.15) is 0 Å². The molecular weight excluding hydrogens is 166 g/mol. The Morgan fingerprint density at radius 2 is 2.46 bits per heavy atom. The molecule has 0 aromatic carbocycles. The lowest BCUT2D eigenvalue weighted by atomic mass is 10.1. The van der Waals surface area contributed by atoms with Crippen molar-refractivity contribution in [2.75, 3.05) is 5.73 Å². The van der Waals surface area contributed by atoms with E-state index in [4.69, 9.17) is 5.73 Å². The fraction of sp³-hybridized carbons (Fsp3) is 0.333. The van der Waals surface area contributed by atoms with Gasteiger partial charge in [-0.1, -0.05) is 6.92 Å². The third-order valence-electron chi connectivity index (χ3n) is 2.28. The minimum Gasteiger partial charge on any atom is -0.397 e. The van der Waals surface area contributed by atoms with Crippen LogP contribution >= 0.6 is 0 Å². The molecule has 4 nitrogen and oxygen atoms in total. The average Bonchev–Trinajstić information content (AvgIpc) is 2.49. The molecule has 68 valence electrons. The SMILES string of the molecule is CCc1ncc2c(c1N)C(=O)NC2. The molecule has 1 aliphatic rings. The molecule has 4 heteroatoms. The molecular formula is C9H11N3O. The number of nitrogens with two attached hydrogens (primary N) is 1. The summed E-state index contributed by atoms with van der Waals surface area (Å²) in [5.41, 5.74) is 8.67. The van der Waals surface area contributed by atoms with Gasteiger partial charge in [-0.05, 0) is 6.42 Å². The van der Waals surface area contributed by atoms with Crippen molar-refractivity contribution in [2.45, 2.75) is 19.9 Å². The minimum atomic E-state index is -0.0791. The summed E-state index contributed by atoms with van der Waals surface area (Å²) in [4.78, 5) is 15.5. The van der Waals surface area contributed by atoms with E-state index in [2.05, 4.69) is 10.3 Å². The van der Waals surface area contributed by atoms with Crippen LogP contribution in [0.1, 0.15) is 28.5 Å². The van der Waals surface area contributed by atoms with Crippen molar-refractivity contribution in [1.82, 2.24) is 10.3 Å². The second-order valence-electron chi connectivity index (χ2n) is 3.06. The lowest BCUT2D eigenvalue weighted by Gasteiger charge is -2.04. The Balaban J connectivity index is 2.63. The van der Waals surface area contributed by atoms with Crippen LogP contribution in [0.2, 0.25) is 0 Å². The van der Waals surface area contributed by atoms with E-state index in [9.17, 15) is 4.79 Å². The van der Waals surface area contributed by atoms with Crippen LogP contribution < -0.4 is 11.1 Å². The molecule has 0 spiro atoms. The second-order valence-corrected chi connectivity index (χ2v) is 3.06. The van der Waals surface area contributed by atoms with E-state index >= 15 is 0 Å². The Bertz CT molecular complexity index is 373. The number of hydrogen-bond acceptors (Lipinski definition) is 3. The van der Waals surface area contributed by atoms with E-state index in [0.29, 0.717) is 17.8 Å². The van der Waals surface area contributed by atoms with Crippen molar-refractivity contribution < 1.29 is 4.79 Å². The van der Waals surface area contributed by atoms with Crippen LogP contribution in [0.3, 0.4) is 0 Å². The molecule has 0 bridgehead atoms.